The van der Waals surface area contributed by atoms with Crippen molar-refractivity contribution in [3.05, 3.63) is 30.3 Å². The molecular weight excluding hydrogens is 390 g/mol. The van der Waals surface area contributed by atoms with Gasteiger partial charge in [-0.25, -0.2) is 13.1 Å². The third-order valence-corrected chi connectivity index (χ3v) is 7.28. The summed E-state index contributed by atoms with van der Waals surface area (Å²) in [4.78, 5) is 29.1. The van der Waals surface area contributed by atoms with E-state index in [4.69, 9.17) is 0 Å². The van der Waals surface area contributed by atoms with Crippen LogP contribution in [0.4, 0.5) is 0 Å². The Balaban J connectivity index is 1.41. The summed E-state index contributed by atoms with van der Waals surface area (Å²) in [5.41, 5.74) is 0. The first-order chi connectivity index (χ1) is 14.0. The zero-order chi connectivity index (χ0) is 20.7. The van der Waals surface area contributed by atoms with E-state index in [1.807, 2.05) is 4.90 Å². The highest BCUT2D eigenvalue weighted by molar-refractivity contribution is 7.89. The van der Waals surface area contributed by atoms with Crippen molar-refractivity contribution in [1.29, 1.82) is 0 Å². The number of carbonyl (C=O) groups excluding carboxylic acids is 2. The molecular formula is C21H31N3O4S. The lowest BCUT2D eigenvalue weighted by atomic mass is 9.95. The fourth-order valence-electron chi connectivity index (χ4n) is 4.06. The smallest absolute Gasteiger partial charge is 0.240 e. The van der Waals surface area contributed by atoms with Gasteiger partial charge in [0.05, 0.1) is 4.90 Å². The number of nitrogens with zero attached hydrogens (tertiary/aromatic N) is 2. The molecule has 0 aliphatic carbocycles. The van der Waals surface area contributed by atoms with E-state index in [0.717, 1.165) is 25.9 Å². The van der Waals surface area contributed by atoms with E-state index in [9.17, 15) is 18.0 Å². The van der Waals surface area contributed by atoms with E-state index < -0.39 is 10.0 Å². The van der Waals surface area contributed by atoms with Gasteiger partial charge in [-0.3, -0.25) is 9.59 Å². The molecule has 1 aromatic rings. The van der Waals surface area contributed by atoms with Gasteiger partial charge in [-0.15, -0.1) is 0 Å². The highest BCUT2D eigenvalue weighted by Crippen LogP contribution is 2.22. The van der Waals surface area contributed by atoms with Gasteiger partial charge in [0, 0.05) is 45.1 Å². The van der Waals surface area contributed by atoms with Crippen LogP contribution in [0.2, 0.25) is 0 Å². The number of likely N-dealkylation sites (tertiary alicyclic amines) is 2. The average Bonchev–Trinajstić information content (AvgIpc) is 3.03. The summed E-state index contributed by atoms with van der Waals surface area (Å²) >= 11 is 0. The van der Waals surface area contributed by atoms with E-state index in [2.05, 4.69) is 4.72 Å². The molecule has 7 nitrogen and oxygen atoms in total. The molecule has 2 aliphatic heterocycles. The number of benzene rings is 1. The molecule has 2 saturated heterocycles. The average molecular weight is 422 g/mol. The van der Waals surface area contributed by atoms with Crippen molar-refractivity contribution in [2.75, 3.05) is 32.7 Å². The van der Waals surface area contributed by atoms with Crippen molar-refractivity contribution in [3.63, 3.8) is 0 Å². The van der Waals surface area contributed by atoms with Gasteiger partial charge in [0.15, 0.2) is 0 Å². The van der Waals surface area contributed by atoms with Crippen LogP contribution >= 0.6 is 0 Å². The lowest BCUT2D eigenvalue weighted by Gasteiger charge is -2.34. The summed E-state index contributed by atoms with van der Waals surface area (Å²) in [6, 6.07) is 8.13. The lowest BCUT2D eigenvalue weighted by Crippen LogP contribution is -2.45. The van der Waals surface area contributed by atoms with Gasteiger partial charge < -0.3 is 9.80 Å². The van der Waals surface area contributed by atoms with Gasteiger partial charge in [0.1, 0.15) is 0 Å². The van der Waals surface area contributed by atoms with Crippen LogP contribution in [0.15, 0.2) is 35.2 Å². The Kier molecular flexibility index (Phi) is 7.66. The topological polar surface area (TPSA) is 86.8 Å². The molecule has 2 amide bonds. The Labute approximate surface area is 173 Å². The number of hydrogen-bond acceptors (Lipinski definition) is 4. The summed E-state index contributed by atoms with van der Waals surface area (Å²) in [7, 11) is -3.59. The Hall–Kier alpha value is -1.93. The van der Waals surface area contributed by atoms with E-state index in [0.29, 0.717) is 25.9 Å². The lowest BCUT2D eigenvalue weighted by molar-refractivity contribution is -0.140. The monoisotopic (exact) mass is 421 g/mol. The van der Waals surface area contributed by atoms with Crippen molar-refractivity contribution >= 4 is 21.8 Å². The molecule has 160 valence electrons. The third kappa shape index (κ3) is 6.02. The zero-order valence-corrected chi connectivity index (χ0v) is 17.7. The van der Waals surface area contributed by atoms with Gasteiger partial charge in [-0.05, 0) is 37.8 Å². The van der Waals surface area contributed by atoms with Gasteiger partial charge >= 0.3 is 0 Å². The van der Waals surface area contributed by atoms with Gasteiger partial charge in [0.2, 0.25) is 21.8 Å². The predicted molar refractivity (Wildman–Crippen MR) is 111 cm³/mol. The molecule has 0 aromatic heterocycles. The summed E-state index contributed by atoms with van der Waals surface area (Å²) < 4.78 is 26.9. The fraction of sp³-hybridized carbons (Fsp3) is 0.619. The SMILES string of the molecule is O=C(CCNS(=O)(=O)c1ccccc1)N1CCC(C(=O)N2CCCCCC2)CC1. The maximum Gasteiger partial charge on any atom is 0.240 e. The molecule has 0 saturated carbocycles. The molecule has 0 bridgehead atoms. The van der Waals surface area contributed by atoms with Crippen LogP contribution in [0.25, 0.3) is 0 Å². The van der Waals surface area contributed by atoms with Crippen LogP contribution in [0.3, 0.4) is 0 Å². The second-order valence-electron chi connectivity index (χ2n) is 7.86. The van der Waals surface area contributed by atoms with Crippen molar-refractivity contribution in [2.24, 2.45) is 5.92 Å². The number of sulfonamides is 1. The van der Waals surface area contributed by atoms with Crippen molar-refractivity contribution in [2.45, 2.75) is 49.8 Å². The maximum absolute atomic E-state index is 12.7. The Morgan fingerprint density at radius 2 is 1.52 bits per heavy atom. The van der Waals surface area contributed by atoms with Crippen LogP contribution in [0, 0.1) is 5.92 Å². The number of amides is 2. The first-order valence-electron chi connectivity index (χ1n) is 10.6. The molecule has 0 radical (unpaired) electrons. The van der Waals surface area contributed by atoms with E-state index >= 15 is 0 Å². The first kappa shape index (κ1) is 21.8. The van der Waals surface area contributed by atoms with E-state index in [1.54, 1.807) is 23.1 Å². The number of nitrogens with one attached hydrogen (secondary N) is 1. The quantitative estimate of drug-likeness (QED) is 0.761. The molecule has 0 spiro atoms. The zero-order valence-electron chi connectivity index (χ0n) is 16.9. The third-order valence-electron chi connectivity index (χ3n) is 5.80. The second kappa shape index (κ2) is 10.2. The van der Waals surface area contributed by atoms with Crippen molar-refractivity contribution < 1.29 is 18.0 Å². The minimum Gasteiger partial charge on any atom is -0.343 e. The van der Waals surface area contributed by atoms with E-state index in [-0.39, 0.29) is 35.6 Å². The molecule has 0 unspecified atom stereocenters. The standard InChI is InChI=1S/C21H31N3O4S/c25-20(10-13-22-29(27,28)19-8-4-3-5-9-19)23-16-11-18(12-17-23)21(26)24-14-6-1-2-7-15-24/h3-5,8-9,18,22H,1-2,6-7,10-17H2. The molecule has 1 N–H and O–H groups in total. The summed E-state index contributed by atoms with van der Waals surface area (Å²) in [5.74, 6) is 0.185. The minimum atomic E-state index is -3.59. The van der Waals surface area contributed by atoms with Crippen LogP contribution < -0.4 is 4.72 Å². The number of piperidine rings is 1. The molecule has 2 heterocycles. The van der Waals surface area contributed by atoms with Crippen LogP contribution in [0.1, 0.15) is 44.9 Å². The molecule has 0 atom stereocenters. The van der Waals surface area contributed by atoms with Crippen LogP contribution in [-0.4, -0.2) is 62.8 Å². The van der Waals surface area contributed by atoms with Crippen molar-refractivity contribution in [3.8, 4) is 0 Å². The van der Waals surface area contributed by atoms with Crippen LogP contribution in [-0.2, 0) is 19.6 Å². The van der Waals surface area contributed by atoms with Gasteiger partial charge in [0.25, 0.3) is 0 Å². The maximum atomic E-state index is 12.7. The van der Waals surface area contributed by atoms with E-state index in [1.165, 1.54) is 25.0 Å². The summed E-state index contributed by atoms with van der Waals surface area (Å²) in [6.45, 7) is 2.92. The highest BCUT2D eigenvalue weighted by atomic mass is 32.2. The van der Waals surface area contributed by atoms with Gasteiger partial charge in [-0.2, -0.15) is 0 Å². The number of hydrogen-bond donors (Lipinski definition) is 1. The molecule has 1 aromatic carbocycles. The minimum absolute atomic E-state index is 0.00809. The Morgan fingerprint density at radius 3 is 2.14 bits per heavy atom. The molecule has 29 heavy (non-hydrogen) atoms. The summed E-state index contributed by atoms with van der Waals surface area (Å²) in [6.07, 6.45) is 6.07. The second-order valence-corrected chi connectivity index (χ2v) is 9.62. The summed E-state index contributed by atoms with van der Waals surface area (Å²) in [5, 5.41) is 0. The Morgan fingerprint density at radius 1 is 0.897 bits per heavy atom. The predicted octanol–water partition coefficient (Wildman–Crippen LogP) is 2.00. The highest BCUT2D eigenvalue weighted by Gasteiger charge is 2.30. The molecule has 2 fully saturated rings. The molecule has 8 heteroatoms. The normalized spacial score (nSPS) is 19.0. The first-order valence-corrected chi connectivity index (χ1v) is 12.1. The van der Waals surface area contributed by atoms with Crippen molar-refractivity contribution in [1.82, 2.24) is 14.5 Å². The fourth-order valence-corrected chi connectivity index (χ4v) is 5.11. The number of rotatable bonds is 6. The number of carbonyl (C=O) groups is 2. The largest absolute Gasteiger partial charge is 0.343 e. The Bertz CT molecular complexity index is 781. The molecule has 2 aliphatic rings. The van der Waals surface area contributed by atoms with Gasteiger partial charge in [-0.1, -0.05) is 31.0 Å². The van der Waals surface area contributed by atoms with Crippen LogP contribution in [0.5, 0.6) is 0 Å². The molecule has 3 rings (SSSR count).